The molecule has 1 atom stereocenters. The van der Waals surface area contributed by atoms with E-state index in [2.05, 4.69) is 10.3 Å². The lowest BCUT2D eigenvalue weighted by Gasteiger charge is -2.32. The highest BCUT2D eigenvalue weighted by atomic mass is 32.1. The number of carboxylic acid groups (broad SMARTS) is 1. The molecule has 1 heterocycles. The molecule has 2 rings (SSSR count). The highest BCUT2D eigenvalue weighted by Crippen LogP contribution is 2.27. The van der Waals surface area contributed by atoms with Crippen molar-refractivity contribution in [1.82, 2.24) is 15.2 Å². The second-order valence-corrected chi connectivity index (χ2v) is 6.27. The van der Waals surface area contributed by atoms with Crippen molar-refractivity contribution in [3.8, 4) is 0 Å². The van der Waals surface area contributed by atoms with Crippen LogP contribution in [0.4, 0.5) is 4.79 Å². The SMILES string of the molecule is CCN(CC1CCC1)C(=O)NC(C)c1nc(C(=O)O)cs1. The number of aromatic carboxylic acids is 1. The third-order valence-electron chi connectivity index (χ3n) is 3.82. The van der Waals surface area contributed by atoms with Crippen molar-refractivity contribution in [2.75, 3.05) is 13.1 Å². The van der Waals surface area contributed by atoms with Gasteiger partial charge in [-0.15, -0.1) is 11.3 Å². The van der Waals surface area contributed by atoms with Gasteiger partial charge < -0.3 is 15.3 Å². The van der Waals surface area contributed by atoms with Gasteiger partial charge in [-0.2, -0.15) is 0 Å². The van der Waals surface area contributed by atoms with Gasteiger partial charge in [-0.3, -0.25) is 0 Å². The number of thiazole rings is 1. The fraction of sp³-hybridized carbons (Fsp3) is 0.643. The number of aromatic nitrogens is 1. The summed E-state index contributed by atoms with van der Waals surface area (Å²) in [6.45, 7) is 5.26. The van der Waals surface area contributed by atoms with Crippen molar-refractivity contribution in [1.29, 1.82) is 0 Å². The average molecular weight is 311 g/mol. The van der Waals surface area contributed by atoms with Crippen molar-refractivity contribution < 1.29 is 14.7 Å². The zero-order valence-electron chi connectivity index (χ0n) is 12.3. The Bertz CT molecular complexity index is 513. The minimum atomic E-state index is -1.05. The van der Waals surface area contributed by atoms with Crippen LogP contribution in [0.15, 0.2) is 5.38 Å². The monoisotopic (exact) mass is 311 g/mol. The number of nitrogens with zero attached hydrogens (tertiary/aromatic N) is 2. The number of nitrogens with one attached hydrogen (secondary N) is 1. The molecule has 1 aliphatic rings. The minimum absolute atomic E-state index is 0.0258. The molecule has 1 unspecified atom stereocenters. The van der Waals surface area contributed by atoms with Crippen LogP contribution < -0.4 is 5.32 Å². The van der Waals surface area contributed by atoms with Crippen LogP contribution in [0.3, 0.4) is 0 Å². The first-order valence-electron chi connectivity index (χ1n) is 7.25. The van der Waals surface area contributed by atoms with Crippen molar-refractivity contribution in [3.05, 3.63) is 16.1 Å². The van der Waals surface area contributed by atoms with Gasteiger partial charge in [0.25, 0.3) is 0 Å². The van der Waals surface area contributed by atoms with Crippen molar-refractivity contribution >= 4 is 23.3 Å². The van der Waals surface area contributed by atoms with E-state index in [1.165, 1.54) is 36.0 Å². The first-order valence-corrected chi connectivity index (χ1v) is 8.13. The zero-order valence-corrected chi connectivity index (χ0v) is 13.2. The number of carbonyl (C=O) groups excluding carboxylic acids is 1. The maximum Gasteiger partial charge on any atom is 0.355 e. The summed E-state index contributed by atoms with van der Waals surface area (Å²) in [6.07, 6.45) is 3.67. The Kier molecular flexibility index (Phi) is 5.17. The van der Waals surface area contributed by atoms with Gasteiger partial charge in [-0.25, -0.2) is 14.6 Å². The van der Waals surface area contributed by atoms with Crippen molar-refractivity contribution in [2.45, 2.75) is 39.2 Å². The Morgan fingerprint density at radius 3 is 2.76 bits per heavy atom. The average Bonchev–Trinajstić information content (AvgIpc) is 2.87. The zero-order chi connectivity index (χ0) is 15.4. The molecule has 0 saturated heterocycles. The Morgan fingerprint density at radius 1 is 1.57 bits per heavy atom. The van der Waals surface area contributed by atoms with Gasteiger partial charge in [-0.1, -0.05) is 6.42 Å². The Morgan fingerprint density at radius 2 is 2.29 bits per heavy atom. The maximum atomic E-state index is 12.2. The molecule has 6 nitrogen and oxygen atoms in total. The molecule has 116 valence electrons. The number of hydrogen-bond acceptors (Lipinski definition) is 4. The van der Waals surface area contributed by atoms with Gasteiger partial charge in [0.05, 0.1) is 6.04 Å². The summed E-state index contributed by atoms with van der Waals surface area (Å²) in [5, 5.41) is 13.9. The number of carboxylic acids is 1. The topological polar surface area (TPSA) is 82.5 Å². The van der Waals surface area contributed by atoms with Crippen LogP contribution in [0.2, 0.25) is 0 Å². The maximum absolute atomic E-state index is 12.2. The van der Waals surface area contributed by atoms with Gasteiger partial charge in [0.15, 0.2) is 5.69 Å². The highest BCUT2D eigenvalue weighted by Gasteiger charge is 2.24. The van der Waals surface area contributed by atoms with E-state index in [0.29, 0.717) is 17.5 Å². The fourth-order valence-electron chi connectivity index (χ4n) is 2.27. The van der Waals surface area contributed by atoms with Crippen LogP contribution in [-0.2, 0) is 0 Å². The summed E-state index contributed by atoms with van der Waals surface area (Å²) < 4.78 is 0. The van der Waals surface area contributed by atoms with E-state index in [4.69, 9.17) is 5.11 Å². The van der Waals surface area contributed by atoms with E-state index in [1.807, 2.05) is 18.7 Å². The van der Waals surface area contributed by atoms with E-state index in [-0.39, 0.29) is 17.8 Å². The molecule has 0 radical (unpaired) electrons. The van der Waals surface area contributed by atoms with Crippen molar-refractivity contribution in [3.63, 3.8) is 0 Å². The van der Waals surface area contributed by atoms with Gasteiger partial charge >= 0.3 is 12.0 Å². The number of urea groups is 1. The smallest absolute Gasteiger partial charge is 0.355 e. The van der Waals surface area contributed by atoms with Crippen LogP contribution in [0.1, 0.15) is 54.6 Å². The molecule has 1 aromatic rings. The predicted molar refractivity (Wildman–Crippen MR) is 80.6 cm³/mol. The molecule has 1 aromatic heterocycles. The Balaban J connectivity index is 1.91. The number of rotatable bonds is 6. The molecule has 0 bridgehead atoms. The Hall–Kier alpha value is -1.63. The summed E-state index contributed by atoms with van der Waals surface area (Å²) in [5.41, 5.74) is 0.0258. The molecular formula is C14H21N3O3S. The molecular weight excluding hydrogens is 290 g/mol. The third kappa shape index (κ3) is 3.93. The van der Waals surface area contributed by atoms with Crippen LogP contribution in [0.5, 0.6) is 0 Å². The molecule has 2 N–H and O–H groups in total. The number of carbonyl (C=O) groups is 2. The summed E-state index contributed by atoms with van der Waals surface area (Å²) in [4.78, 5) is 28.9. The quantitative estimate of drug-likeness (QED) is 0.846. The van der Waals surface area contributed by atoms with E-state index in [0.717, 1.165) is 6.54 Å². The third-order valence-corrected chi connectivity index (χ3v) is 4.85. The van der Waals surface area contributed by atoms with Crippen LogP contribution in [0.25, 0.3) is 0 Å². The van der Waals surface area contributed by atoms with E-state index >= 15 is 0 Å². The van der Waals surface area contributed by atoms with Crippen LogP contribution >= 0.6 is 11.3 Å². The predicted octanol–water partition coefficient (Wildman–Crippen LogP) is 2.73. The highest BCUT2D eigenvalue weighted by molar-refractivity contribution is 7.09. The summed E-state index contributed by atoms with van der Waals surface area (Å²) in [6, 6.07) is -0.394. The van der Waals surface area contributed by atoms with Crippen LogP contribution in [-0.4, -0.2) is 40.1 Å². The molecule has 0 aromatic carbocycles. The summed E-state index contributed by atoms with van der Waals surface area (Å²) in [7, 11) is 0. The molecule has 21 heavy (non-hydrogen) atoms. The second kappa shape index (κ2) is 6.89. The summed E-state index contributed by atoms with van der Waals surface area (Å²) in [5.74, 6) is -0.416. The number of hydrogen-bond donors (Lipinski definition) is 2. The standard InChI is InChI=1S/C14H21N3O3S/c1-3-17(7-10-5-4-6-10)14(20)15-9(2)12-16-11(8-21-12)13(18)19/h8-10H,3-7H2,1-2H3,(H,15,20)(H,18,19). The molecule has 0 aliphatic heterocycles. The van der Waals surface area contributed by atoms with Crippen molar-refractivity contribution in [2.24, 2.45) is 5.92 Å². The molecule has 7 heteroatoms. The van der Waals surface area contributed by atoms with Gasteiger partial charge in [0, 0.05) is 18.5 Å². The van der Waals surface area contributed by atoms with Gasteiger partial charge in [-0.05, 0) is 32.6 Å². The normalized spacial score (nSPS) is 16.1. The van der Waals surface area contributed by atoms with E-state index in [9.17, 15) is 9.59 Å². The largest absolute Gasteiger partial charge is 0.476 e. The molecule has 0 spiro atoms. The lowest BCUT2D eigenvalue weighted by molar-refractivity contribution is 0.0691. The fourth-order valence-corrected chi connectivity index (χ4v) is 3.07. The van der Waals surface area contributed by atoms with Crippen LogP contribution in [0, 0.1) is 5.92 Å². The first kappa shape index (κ1) is 15.8. The Labute approximate surface area is 128 Å². The second-order valence-electron chi connectivity index (χ2n) is 5.38. The molecule has 2 amide bonds. The summed E-state index contributed by atoms with van der Waals surface area (Å²) >= 11 is 1.25. The van der Waals surface area contributed by atoms with E-state index < -0.39 is 5.97 Å². The lowest BCUT2D eigenvalue weighted by Crippen LogP contribution is -2.44. The van der Waals surface area contributed by atoms with Gasteiger partial charge in [0.2, 0.25) is 0 Å². The minimum Gasteiger partial charge on any atom is -0.476 e. The van der Waals surface area contributed by atoms with Gasteiger partial charge in [0.1, 0.15) is 5.01 Å². The molecule has 1 fully saturated rings. The molecule has 1 saturated carbocycles. The molecule has 1 aliphatic carbocycles. The lowest BCUT2D eigenvalue weighted by atomic mass is 9.85. The van der Waals surface area contributed by atoms with E-state index in [1.54, 1.807) is 0 Å². The number of amides is 2. The first-order chi connectivity index (χ1) is 10.0.